The van der Waals surface area contributed by atoms with Crippen molar-refractivity contribution in [1.82, 2.24) is 0 Å². The zero-order valence-corrected chi connectivity index (χ0v) is 13.7. The van der Waals surface area contributed by atoms with Crippen molar-refractivity contribution in [2.75, 3.05) is 26.5 Å². The van der Waals surface area contributed by atoms with E-state index in [4.69, 9.17) is 24.1 Å². The molecule has 2 saturated heterocycles. The fourth-order valence-electron chi connectivity index (χ4n) is 2.85. The minimum absolute atomic E-state index is 0.398. The number of alkyl halides is 1. The third kappa shape index (κ3) is 4.48. The molecule has 0 amide bonds. The van der Waals surface area contributed by atoms with E-state index in [-0.39, 0.29) is 0 Å². The third-order valence-electron chi connectivity index (χ3n) is 4.32. The maximum Gasteiger partial charge on any atom is 0.187 e. The van der Waals surface area contributed by atoms with Crippen LogP contribution in [-0.4, -0.2) is 124 Å². The molecule has 7 N–H and O–H groups in total. The SMILES string of the molecule is OC[C@H]1O[C@@H](O[C@H]2[C@H](O)[C@@H](O)[C@H](OCC[18F])O[C@@H]2CO)[C@H](O)[C@@H](O)[C@H]1O. The average molecular weight is 387 g/mol. The lowest BCUT2D eigenvalue weighted by atomic mass is 9.97. The van der Waals surface area contributed by atoms with Gasteiger partial charge in [0, 0.05) is 0 Å². The van der Waals surface area contributed by atoms with Gasteiger partial charge in [0.2, 0.25) is 0 Å². The molecular formula is C14H25FO11. The van der Waals surface area contributed by atoms with E-state index < -0.39 is 87.9 Å². The molecule has 0 aliphatic carbocycles. The molecule has 0 spiro atoms. The number of ether oxygens (including phenoxy) is 4. The van der Waals surface area contributed by atoms with E-state index in [2.05, 4.69) is 0 Å². The molecule has 10 atom stereocenters. The Balaban J connectivity index is 2.09. The van der Waals surface area contributed by atoms with Gasteiger partial charge in [0.15, 0.2) is 12.6 Å². The molecule has 0 unspecified atom stereocenters. The Morgan fingerprint density at radius 1 is 0.731 bits per heavy atom. The predicted octanol–water partition coefficient (Wildman–Crippen LogP) is -4.40. The maximum absolute atomic E-state index is 12.2. The smallest absolute Gasteiger partial charge is 0.187 e. The van der Waals surface area contributed by atoms with E-state index in [0.29, 0.717) is 0 Å². The fraction of sp³-hybridized carbons (Fsp3) is 1.00. The summed E-state index contributed by atoms with van der Waals surface area (Å²) >= 11 is 0. The van der Waals surface area contributed by atoms with Gasteiger partial charge in [-0.2, -0.15) is 0 Å². The minimum Gasteiger partial charge on any atom is -0.394 e. The van der Waals surface area contributed by atoms with Crippen LogP contribution in [0.4, 0.5) is 4.39 Å². The Hall–Kier alpha value is -0.510. The van der Waals surface area contributed by atoms with Gasteiger partial charge < -0.3 is 54.7 Å². The zero-order valence-electron chi connectivity index (χ0n) is 13.7. The van der Waals surface area contributed by atoms with E-state index in [1.165, 1.54) is 0 Å². The summed E-state index contributed by atoms with van der Waals surface area (Å²) in [7, 11) is 0. The standard InChI is InChI=1S/C14H25FO11/c15-1-2-23-13-11(22)9(20)12(6(4-17)25-13)26-14-10(21)8(19)7(18)5(3-16)24-14/h5-14,16-22H,1-4H2/t5-,6-,7+,8+,9-,10-,11-,12-,13-,14+/m1/s1/i15-1. The first-order chi connectivity index (χ1) is 12.3. The minimum atomic E-state index is -1.74. The average Bonchev–Trinajstić information content (AvgIpc) is 2.64. The first-order valence-electron chi connectivity index (χ1n) is 8.11. The van der Waals surface area contributed by atoms with Crippen LogP contribution >= 0.6 is 0 Å². The van der Waals surface area contributed by atoms with Crippen molar-refractivity contribution in [3.8, 4) is 0 Å². The molecule has 0 bridgehead atoms. The van der Waals surface area contributed by atoms with Crippen LogP contribution in [0, 0.1) is 0 Å². The Morgan fingerprint density at radius 2 is 1.31 bits per heavy atom. The van der Waals surface area contributed by atoms with Crippen molar-refractivity contribution in [3.05, 3.63) is 0 Å². The summed E-state index contributed by atoms with van der Waals surface area (Å²) in [6.07, 6.45) is -15.3. The van der Waals surface area contributed by atoms with Gasteiger partial charge in [-0.05, 0) is 0 Å². The Labute approximate surface area is 148 Å². The second-order valence-corrected chi connectivity index (χ2v) is 6.06. The Morgan fingerprint density at radius 3 is 1.88 bits per heavy atom. The topological polar surface area (TPSA) is 179 Å². The van der Waals surface area contributed by atoms with Gasteiger partial charge in [0.05, 0.1) is 19.8 Å². The highest BCUT2D eigenvalue weighted by atomic mass is 18.2. The Bertz CT molecular complexity index is 426. The second-order valence-electron chi connectivity index (χ2n) is 6.06. The molecule has 154 valence electrons. The quantitative estimate of drug-likeness (QED) is 0.224. The van der Waals surface area contributed by atoms with Gasteiger partial charge in [-0.1, -0.05) is 0 Å². The van der Waals surface area contributed by atoms with E-state index in [1.54, 1.807) is 0 Å². The van der Waals surface area contributed by atoms with Crippen LogP contribution in [0.15, 0.2) is 0 Å². The normalized spacial score (nSPS) is 47.1. The van der Waals surface area contributed by atoms with Crippen molar-refractivity contribution in [1.29, 1.82) is 0 Å². The summed E-state index contributed by atoms with van der Waals surface area (Å²) in [5.41, 5.74) is 0. The molecule has 2 heterocycles. The first-order valence-corrected chi connectivity index (χ1v) is 8.11. The number of aliphatic hydroxyl groups excluding tert-OH is 7. The van der Waals surface area contributed by atoms with E-state index in [0.717, 1.165) is 0 Å². The molecule has 2 rings (SSSR count). The molecule has 2 aliphatic heterocycles. The predicted molar refractivity (Wildman–Crippen MR) is 78.3 cm³/mol. The fourth-order valence-corrected chi connectivity index (χ4v) is 2.85. The zero-order chi connectivity index (χ0) is 19.4. The van der Waals surface area contributed by atoms with Crippen LogP contribution in [0.2, 0.25) is 0 Å². The Kier molecular flexibility index (Phi) is 8.06. The molecule has 12 heteroatoms. The number of halogens is 1. The van der Waals surface area contributed by atoms with Gasteiger partial charge in [-0.15, -0.1) is 0 Å². The van der Waals surface area contributed by atoms with Crippen molar-refractivity contribution in [3.63, 3.8) is 0 Å². The van der Waals surface area contributed by atoms with Crippen molar-refractivity contribution < 1.29 is 59.1 Å². The molecule has 26 heavy (non-hydrogen) atoms. The monoisotopic (exact) mass is 387 g/mol. The number of rotatable bonds is 7. The number of hydrogen-bond acceptors (Lipinski definition) is 11. The molecule has 2 fully saturated rings. The number of hydrogen-bond donors (Lipinski definition) is 7. The van der Waals surface area contributed by atoms with E-state index in [1.807, 2.05) is 0 Å². The molecule has 0 aromatic rings. The lowest BCUT2D eigenvalue weighted by Gasteiger charge is -2.45. The molecule has 0 aromatic heterocycles. The van der Waals surface area contributed by atoms with Crippen LogP contribution in [0.1, 0.15) is 0 Å². The van der Waals surface area contributed by atoms with Gasteiger partial charge in [0.1, 0.15) is 55.5 Å². The molecule has 0 aromatic carbocycles. The third-order valence-corrected chi connectivity index (χ3v) is 4.32. The van der Waals surface area contributed by atoms with Crippen LogP contribution in [0.3, 0.4) is 0 Å². The molecule has 2 aliphatic rings. The van der Waals surface area contributed by atoms with Crippen molar-refractivity contribution in [2.45, 2.75) is 61.4 Å². The van der Waals surface area contributed by atoms with E-state index in [9.17, 15) is 35.0 Å². The molecule has 0 saturated carbocycles. The lowest BCUT2D eigenvalue weighted by molar-refractivity contribution is -0.359. The highest BCUT2D eigenvalue weighted by Gasteiger charge is 2.50. The van der Waals surface area contributed by atoms with Crippen LogP contribution in [0.25, 0.3) is 0 Å². The summed E-state index contributed by atoms with van der Waals surface area (Å²) in [6, 6.07) is 0. The summed E-state index contributed by atoms with van der Waals surface area (Å²) in [4.78, 5) is 0. The maximum atomic E-state index is 12.2. The van der Waals surface area contributed by atoms with E-state index >= 15 is 0 Å². The highest BCUT2D eigenvalue weighted by Crippen LogP contribution is 2.29. The molecule has 0 radical (unpaired) electrons. The summed E-state index contributed by atoms with van der Waals surface area (Å²) in [5, 5.41) is 68.3. The van der Waals surface area contributed by atoms with Crippen molar-refractivity contribution in [2.24, 2.45) is 0 Å². The largest absolute Gasteiger partial charge is 0.394 e. The second kappa shape index (κ2) is 9.61. The van der Waals surface area contributed by atoms with Gasteiger partial charge >= 0.3 is 0 Å². The summed E-state index contributed by atoms with van der Waals surface area (Å²) in [6.45, 7) is -2.61. The van der Waals surface area contributed by atoms with Crippen LogP contribution < -0.4 is 0 Å². The summed E-state index contributed by atoms with van der Waals surface area (Å²) in [5.74, 6) is 0. The highest BCUT2D eigenvalue weighted by molar-refractivity contribution is 4.94. The van der Waals surface area contributed by atoms with Gasteiger partial charge in [-0.3, -0.25) is 0 Å². The summed E-state index contributed by atoms with van der Waals surface area (Å²) < 4.78 is 32.9. The molecular weight excluding hydrogens is 362 g/mol. The van der Waals surface area contributed by atoms with Gasteiger partial charge in [-0.25, -0.2) is 4.39 Å². The van der Waals surface area contributed by atoms with Crippen LogP contribution in [-0.2, 0) is 18.9 Å². The van der Waals surface area contributed by atoms with Crippen molar-refractivity contribution >= 4 is 0 Å². The first kappa shape index (κ1) is 21.8. The van der Waals surface area contributed by atoms with Crippen LogP contribution in [0.5, 0.6) is 0 Å². The molecule has 11 nitrogen and oxygen atoms in total. The lowest BCUT2D eigenvalue weighted by Crippen LogP contribution is -2.64. The van der Waals surface area contributed by atoms with Gasteiger partial charge in [0.25, 0.3) is 0 Å². The number of aliphatic hydroxyl groups is 7.